The fourth-order valence-corrected chi connectivity index (χ4v) is 4.13. The molecule has 0 saturated carbocycles. The van der Waals surface area contributed by atoms with Gasteiger partial charge in [-0.05, 0) is 55.0 Å². The number of nitrogens with zero attached hydrogens (tertiary/aromatic N) is 4. The molecule has 33 heavy (non-hydrogen) atoms. The molecule has 2 aromatic carbocycles. The summed E-state index contributed by atoms with van der Waals surface area (Å²) in [6.45, 7) is 1.84. The van der Waals surface area contributed by atoms with E-state index in [0.29, 0.717) is 43.1 Å². The maximum atomic E-state index is 12.8. The van der Waals surface area contributed by atoms with Gasteiger partial charge in [0, 0.05) is 43.0 Å². The number of hydrogen-bond acceptors (Lipinski definition) is 4. The normalized spacial score (nSPS) is 15.9. The monoisotopic (exact) mass is 441 g/mol. The van der Waals surface area contributed by atoms with E-state index < -0.39 is 0 Å². The van der Waals surface area contributed by atoms with Crippen molar-refractivity contribution in [2.24, 2.45) is 0 Å². The van der Waals surface area contributed by atoms with E-state index in [1.54, 1.807) is 57.3 Å². The summed E-state index contributed by atoms with van der Waals surface area (Å²) in [4.78, 5) is 46.8. The van der Waals surface area contributed by atoms with Crippen LogP contribution in [-0.4, -0.2) is 42.5 Å². The molecule has 8 heteroatoms. The minimum atomic E-state index is -0.267. The molecule has 8 nitrogen and oxygen atoms in total. The van der Waals surface area contributed by atoms with Crippen LogP contribution in [-0.2, 0) is 4.79 Å². The van der Waals surface area contributed by atoms with Gasteiger partial charge in [0.1, 0.15) is 5.82 Å². The smallest absolute Gasteiger partial charge is 0.321 e. The highest BCUT2D eigenvalue weighted by atomic mass is 16.2. The van der Waals surface area contributed by atoms with E-state index in [1.165, 1.54) is 0 Å². The van der Waals surface area contributed by atoms with Crippen LogP contribution in [0.4, 0.5) is 27.7 Å². The molecule has 0 spiro atoms. The average Bonchev–Trinajstić information content (AvgIpc) is 3.45. The molecule has 3 heterocycles. The number of carbonyl (C=O) groups is 3. The fourth-order valence-electron chi connectivity index (χ4n) is 4.13. The highest BCUT2D eigenvalue weighted by Crippen LogP contribution is 2.25. The Kier molecular flexibility index (Phi) is 5.48. The molecule has 0 radical (unpaired) electrons. The zero-order valence-electron chi connectivity index (χ0n) is 18.0. The largest absolute Gasteiger partial charge is 0.330 e. The van der Waals surface area contributed by atoms with E-state index in [0.717, 1.165) is 17.8 Å². The predicted octanol–water partition coefficient (Wildman–Crippen LogP) is 3.91. The summed E-state index contributed by atoms with van der Waals surface area (Å²) in [6, 6.07) is 19.9. The first kappa shape index (κ1) is 20.7. The SMILES string of the molecule is O=C(Nc1ccc(N2CCN(c3ccccc3)C2=O)nc1)c1ccc(N2CCCC2=O)cc1. The Balaban J connectivity index is 1.22. The molecule has 3 aromatic rings. The van der Waals surface area contributed by atoms with Gasteiger partial charge in [-0.25, -0.2) is 9.78 Å². The van der Waals surface area contributed by atoms with Crippen molar-refractivity contribution in [3.8, 4) is 0 Å². The quantitative estimate of drug-likeness (QED) is 0.651. The second kappa shape index (κ2) is 8.74. The average molecular weight is 441 g/mol. The third kappa shape index (κ3) is 4.15. The second-order valence-electron chi connectivity index (χ2n) is 7.98. The number of anilines is 4. The van der Waals surface area contributed by atoms with Crippen molar-refractivity contribution in [3.63, 3.8) is 0 Å². The molecule has 2 fully saturated rings. The summed E-state index contributed by atoms with van der Waals surface area (Å²) in [5, 5.41) is 2.82. The van der Waals surface area contributed by atoms with E-state index in [2.05, 4.69) is 10.3 Å². The molecular weight excluding hydrogens is 418 g/mol. The van der Waals surface area contributed by atoms with Crippen LogP contribution in [0.3, 0.4) is 0 Å². The topological polar surface area (TPSA) is 85.8 Å². The van der Waals surface area contributed by atoms with E-state index >= 15 is 0 Å². The lowest BCUT2D eigenvalue weighted by atomic mass is 10.2. The van der Waals surface area contributed by atoms with Crippen LogP contribution in [0.15, 0.2) is 72.9 Å². The van der Waals surface area contributed by atoms with Gasteiger partial charge in [0.05, 0.1) is 11.9 Å². The lowest BCUT2D eigenvalue weighted by Crippen LogP contribution is -2.32. The third-order valence-corrected chi connectivity index (χ3v) is 5.87. The highest BCUT2D eigenvalue weighted by Gasteiger charge is 2.31. The number of para-hydroxylation sites is 1. The summed E-state index contributed by atoms with van der Waals surface area (Å²) in [6.07, 6.45) is 2.97. The maximum absolute atomic E-state index is 12.8. The van der Waals surface area contributed by atoms with E-state index in [9.17, 15) is 14.4 Å². The van der Waals surface area contributed by atoms with Crippen LogP contribution in [0.2, 0.25) is 0 Å². The number of benzene rings is 2. The van der Waals surface area contributed by atoms with E-state index in [1.807, 2.05) is 30.3 Å². The van der Waals surface area contributed by atoms with Crippen molar-refractivity contribution in [1.82, 2.24) is 4.98 Å². The summed E-state index contributed by atoms with van der Waals surface area (Å²) < 4.78 is 0. The number of carbonyl (C=O) groups excluding carboxylic acids is 3. The summed E-state index contributed by atoms with van der Waals surface area (Å²) in [7, 11) is 0. The molecule has 0 unspecified atom stereocenters. The number of nitrogens with one attached hydrogen (secondary N) is 1. The van der Waals surface area contributed by atoms with Crippen molar-refractivity contribution in [2.75, 3.05) is 39.7 Å². The van der Waals surface area contributed by atoms with E-state index in [4.69, 9.17) is 0 Å². The summed E-state index contributed by atoms with van der Waals surface area (Å²) >= 11 is 0. The van der Waals surface area contributed by atoms with Crippen molar-refractivity contribution in [2.45, 2.75) is 12.8 Å². The van der Waals surface area contributed by atoms with Crippen LogP contribution in [0.5, 0.6) is 0 Å². The van der Waals surface area contributed by atoms with Gasteiger partial charge in [-0.3, -0.25) is 19.4 Å². The van der Waals surface area contributed by atoms with Crippen molar-refractivity contribution in [3.05, 3.63) is 78.5 Å². The molecule has 0 atom stereocenters. The number of aromatic nitrogens is 1. The number of urea groups is 1. The van der Waals surface area contributed by atoms with Gasteiger partial charge < -0.3 is 10.2 Å². The minimum Gasteiger partial charge on any atom is -0.321 e. The van der Waals surface area contributed by atoms with Crippen molar-refractivity contribution >= 4 is 40.7 Å². The number of amides is 4. The van der Waals surface area contributed by atoms with Gasteiger partial charge in [-0.1, -0.05) is 18.2 Å². The standard InChI is InChI=1S/C25H23N5O3/c31-23-7-4-14-28(23)21-11-8-18(9-12-21)24(32)27-19-10-13-22(26-17-19)30-16-15-29(25(30)33)20-5-2-1-3-6-20/h1-3,5-6,8-13,17H,4,7,14-16H2,(H,27,32). The van der Waals surface area contributed by atoms with Crippen LogP contribution >= 0.6 is 0 Å². The highest BCUT2D eigenvalue weighted by molar-refractivity contribution is 6.06. The molecule has 0 bridgehead atoms. The molecule has 2 aliphatic heterocycles. The first-order chi connectivity index (χ1) is 16.1. The zero-order chi connectivity index (χ0) is 22.8. The summed E-state index contributed by atoms with van der Waals surface area (Å²) in [5.74, 6) is 0.383. The fraction of sp³-hybridized carbons (Fsp3) is 0.200. The Morgan fingerprint density at radius 1 is 0.788 bits per heavy atom. The van der Waals surface area contributed by atoms with Gasteiger partial charge in [-0.2, -0.15) is 0 Å². The third-order valence-electron chi connectivity index (χ3n) is 5.87. The Hall–Kier alpha value is -4.20. The van der Waals surface area contributed by atoms with Gasteiger partial charge in [0.15, 0.2) is 0 Å². The Bertz CT molecular complexity index is 1180. The lowest BCUT2D eigenvalue weighted by Gasteiger charge is -2.18. The van der Waals surface area contributed by atoms with Gasteiger partial charge in [0.2, 0.25) is 5.91 Å². The van der Waals surface area contributed by atoms with Crippen molar-refractivity contribution < 1.29 is 14.4 Å². The van der Waals surface area contributed by atoms with Crippen LogP contribution in [0, 0.1) is 0 Å². The number of rotatable bonds is 5. The first-order valence-corrected chi connectivity index (χ1v) is 10.9. The Labute approximate surface area is 191 Å². The second-order valence-corrected chi connectivity index (χ2v) is 7.98. The molecular formula is C25H23N5O3. The van der Waals surface area contributed by atoms with Crippen LogP contribution < -0.4 is 20.0 Å². The molecule has 166 valence electrons. The number of pyridine rings is 1. The molecule has 0 aliphatic carbocycles. The van der Waals surface area contributed by atoms with Crippen LogP contribution in [0.1, 0.15) is 23.2 Å². The van der Waals surface area contributed by atoms with Crippen molar-refractivity contribution in [1.29, 1.82) is 0 Å². The molecule has 5 rings (SSSR count). The zero-order valence-corrected chi connectivity index (χ0v) is 18.0. The molecule has 2 aliphatic rings. The lowest BCUT2D eigenvalue weighted by molar-refractivity contribution is -0.117. The Morgan fingerprint density at radius 2 is 1.52 bits per heavy atom. The first-order valence-electron chi connectivity index (χ1n) is 10.9. The molecule has 1 aromatic heterocycles. The molecule has 2 saturated heterocycles. The minimum absolute atomic E-state index is 0.113. The maximum Gasteiger partial charge on any atom is 0.330 e. The molecule has 1 N–H and O–H groups in total. The number of hydrogen-bond donors (Lipinski definition) is 1. The van der Waals surface area contributed by atoms with E-state index in [-0.39, 0.29) is 17.8 Å². The van der Waals surface area contributed by atoms with Gasteiger partial charge >= 0.3 is 6.03 Å². The van der Waals surface area contributed by atoms with Gasteiger partial charge in [-0.15, -0.1) is 0 Å². The Morgan fingerprint density at radius 3 is 2.18 bits per heavy atom. The van der Waals surface area contributed by atoms with Crippen LogP contribution in [0.25, 0.3) is 0 Å². The predicted molar refractivity (Wildman–Crippen MR) is 127 cm³/mol. The summed E-state index contributed by atoms with van der Waals surface area (Å²) in [5.41, 5.74) is 2.69. The van der Waals surface area contributed by atoms with Gasteiger partial charge in [0.25, 0.3) is 5.91 Å². The molecule has 4 amide bonds.